The molecule has 1 aromatic rings. The summed E-state index contributed by atoms with van der Waals surface area (Å²) >= 11 is 11.7. The first kappa shape index (κ1) is 15.6. The Labute approximate surface area is 119 Å². The van der Waals surface area contributed by atoms with E-state index in [9.17, 15) is 9.59 Å². The average molecular weight is 307 g/mol. The monoisotopic (exact) mass is 306 g/mol. The molecule has 1 atom stereocenters. The number of carboxylic acids is 1. The standard InChI is InChI=1S/C11H12Cl2N2O4/c1-19-8(10(16)17)5-14-11(18)15-9-6(12)3-2-4-7(9)13/h2-4,8H,5H2,1H3,(H,16,17)(H2,14,15,18). The van der Waals surface area contributed by atoms with Crippen molar-refractivity contribution >= 4 is 40.9 Å². The Morgan fingerprint density at radius 3 is 2.42 bits per heavy atom. The predicted molar refractivity (Wildman–Crippen MR) is 71.9 cm³/mol. The molecule has 0 heterocycles. The maximum absolute atomic E-state index is 11.6. The minimum atomic E-state index is -1.17. The van der Waals surface area contributed by atoms with Crippen LogP contribution in [0.5, 0.6) is 0 Å². The molecule has 104 valence electrons. The van der Waals surface area contributed by atoms with Gasteiger partial charge in [-0.15, -0.1) is 0 Å². The van der Waals surface area contributed by atoms with E-state index in [4.69, 9.17) is 28.3 Å². The molecule has 3 N–H and O–H groups in total. The van der Waals surface area contributed by atoms with Crippen LogP contribution in [0, 0.1) is 0 Å². The Hall–Kier alpha value is -1.50. The number of anilines is 1. The summed E-state index contributed by atoms with van der Waals surface area (Å²) in [4.78, 5) is 22.2. The molecule has 0 bridgehead atoms. The van der Waals surface area contributed by atoms with Gasteiger partial charge < -0.3 is 20.5 Å². The largest absolute Gasteiger partial charge is 0.479 e. The predicted octanol–water partition coefficient (Wildman–Crippen LogP) is 2.21. The van der Waals surface area contributed by atoms with Gasteiger partial charge >= 0.3 is 12.0 Å². The van der Waals surface area contributed by atoms with Gasteiger partial charge in [-0.3, -0.25) is 0 Å². The number of para-hydroxylation sites is 1. The highest BCUT2D eigenvalue weighted by molar-refractivity contribution is 6.39. The highest BCUT2D eigenvalue weighted by Gasteiger charge is 2.17. The summed E-state index contributed by atoms with van der Waals surface area (Å²) in [7, 11) is 1.24. The first-order valence-corrected chi connectivity index (χ1v) is 5.95. The minimum Gasteiger partial charge on any atom is -0.479 e. The van der Waals surface area contributed by atoms with Crippen molar-refractivity contribution in [1.82, 2.24) is 5.32 Å². The molecule has 0 saturated carbocycles. The quantitative estimate of drug-likeness (QED) is 0.778. The van der Waals surface area contributed by atoms with Gasteiger partial charge in [0.1, 0.15) is 0 Å². The number of rotatable bonds is 5. The van der Waals surface area contributed by atoms with Crippen molar-refractivity contribution < 1.29 is 19.4 Å². The summed E-state index contributed by atoms with van der Waals surface area (Å²) in [5.41, 5.74) is 0.257. The van der Waals surface area contributed by atoms with E-state index in [0.29, 0.717) is 0 Å². The Bertz CT molecular complexity index is 462. The number of carbonyl (C=O) groups excluding carboxylic acids is 1. The van der Waals surface area contributed by atoms with Crippen molar-refractivity contribution in [3.63, 3.8) is 0 Å². The summed E-state index contributed by atoms with van der Waals surface area (Å²) in [6.45, 7) is -0.181. The number of urea groups is 1. The molecule has 0 radical (unpaired) electrons. The van der Waals surface area contributed by atoms with E-state index in [1.807, 2.05) is 0 Å². The highest BCUT2D eigenvalue weighted by Crippen LogP contribution is 2.29. The van der Waals surface area contributed by atoms with Crippen molar-refractivity contribution in [3.05, 3.63) is 28.2 Å². The fourth-order valence-corrected chi connectivity index (χ4v) is 1.72. The number of hydrogen-bond acceptors (Lipinski definition) is 3. The van der Waals surface area contributed by atoms with E-state index in [-0.39, 0.29) is 22.3 Å². The first-order valence-electron chi connectivity index (χ1n) is 5.20. The van der Waals surface area contributed by atoms with Gasteiger partial charge in [0.25, 0.3) is 0 Å². The summed E-state index contributed by atoms with van der Waals surface area (Å²) in [5, 5.41) is 14.1. The van der Waals surface area contributed by atoms with Crippen LogP contribution in [0.15, 0.2) is 18.2 Å². The number of methoxy groups -OCH3 is 1. The maximum Gasteiger partial charge on any atom is 0.334 e. The van der Waals surface area contributed by atoms with Gasteiger partial charge in [0.2, 0.25) is 0 Å². The zero-order chi connectivity index (χ0) is 14.4. The van der Waals surface area contributed by atoms with Crippen LogP contribution in [0.1, 0.15) is 0 Å². The number of hydrogen-bond donors (Lipinski definition) is 3. The van der Waals surface area contributed by atoms with Crippen LogP contribution in [0.25, 0.3) is 0 Å². The number of ether oxygens (including phenoxy) is 1. The van der Waals surface area contributed by atoms with Crippen LogP contribution in [-0.2, 0) is 9.53 Å². The zero-order valence-electron chi connectivity index (χ0n) is 9.94. The molecule has 1 aromatic carbocycles. The lowest BCUT2D eigenvalue weighted by molar-refractivity contribution is -0.147. The number of benzene rings is 1. The van der Waals surface area contributed by atoms with Crippen molar-refractivity contribution in [3.8, 4) is 0 Å². The van der Waals surface area contributed by atoms with E-state index in [1.54, 1.807) is 18.2 Å². The third-order valence-corrected chi connectivity index (χ3v) is 2.84. The molecule has 1 rings (SSSR count). The van der Waals surface area contributed by atoms with Gasteiger partial charge in [-0.2, -0.15) is 0 Å². The second kappa shape index (κ2) is 7.18. The lowest BCUT2D eigenvalue weighted by Crippen LogP contribution is -2.39. The number of nitrogens with one attached hydrogen (secondary N) is 2. The molecule has 8 heteroatoms. The Balaban J connectivity index is 2.59. The summed E-state index contributed by atoms with van der Waals surface area (Å²) in [5.74, 6) is -1.17. The molecule has 6 nitrogen and oxygen atoms in total. The minimum absolute atomic E-state index is 0.181. The second-order valence-electron chi connectivity index (χ2n) is 3.49. The topological polar surface area (TPSA) is 87.7 Å². The fraction of sp³-hybridized carbons (Fsp3) is 0.273. The van der Waals surface area contributed by atoms with Gasteiger partial charge in [0.05, 0.1) is 22.3 Å². The molecule has 0 spiro atoms. The first-order chi connectivity index (χ1) is 8.95. The number of halogens is 2. The van der Waals surface area contributed by atoms with Gasteiger partial charge in [0.15, 0.2) is 6.10 Å². The maximum atomic E-state index is 11.6. The van der Waals surface area contributed by atoms with Crippen LogP contribution in [0.2, 0.25) is 10.0 Å². The SMILES string of the molecule is COC(CNC(=O)Nc1c(Cl)cccc1Cl)C(=O)O. The number of carbonyl (C=O) groups is 2. The highest BCUT2D eigenvalue weighted by atomic mass is 35.5. The molecule has 1 unspecified atom stereocenters. The molecular formula is C11H12Cl2N2O4. The fourth-order valence-electron chi connectivity index (χ4n) is 1.23. The average Bonchev–Trinajstić information content (AvgIpc) is 2.34. The zero-order valence-corrected chi connectivity index (χ0v) is 11.5. The molecule has 0 aliphatic carbocycles. The second-order valence-corrected chi connectivity index (χ2v) is 4.31. The van der Waals surface area contributed by atoms with Gasteiger partial charge in [-0.05, 0) is 12.1 Å². The molecular weight excluding hydrogens is 295 g/mol. The van der Waals surface area contributed by atoms with Crippen LogP contribution in [-0.4, -0.2) is 36.9 Å². The van der Waals surface area contributed by atoms with Gasteiger partial charge in [-0.1, -0.05) is 29.3 Å². The van der Waals surface area contributed by atoms with Crippen LogP contribution in [0.4, 0.5) is 10.5 Å². The summed E-state index contributed by atoms with van der Waals surface area (Å²) in [6.07, 6.45) is -1.12. The normalized spacial score (nSPS) is 11.7. The van der Waals surface area contributed by atoms with Crippen LogP contribution >= 0.6 is 23.2 Å². The van der Waals surface area contributed by atoms with Crippen LogP contribution in [0.3, 0.4) is 0 Å². The third kappa shape index (κ3) is 4.59. The Kier molecular flexibility index (Phi) is 5.88. The molecule has 0 aromatic heterocycles. The van der Waals surface area contributed by atoms with Crippen molar-refractivity contribution in [2.45, 2.75) is 6.10 Å². The van der Waals surface area contributed by atoms with E-state index in [2.05, 4.69) is 15.4 Å². The molecule has 0 aliphatic rings. The number of carboxylic acid groups (broad SMARTS) is 1. The number of aliphatic carboxylic acids is 1. The molecule has 0 saturated heterocycles. The van der Waals surface area contributed by atoms with Crippen LogP contribution < -0.4 is 10.6 Å². The molecule has 0 aliphatic heterocycles. The molecule has 19 heavy (non-hydrogen) atoms. The third-order valence-electron chi connectivity index (χ3n) is 2.21. The lowest BCUT2D eigenvalue weighted by atomic mass is 10.3. The van der Waals surface area contributed by atoms with E-state index in [0.717, 1.165) is 0 Å². The summed E-state index contributed by atoms with van der Waals surface area (Å²) < 4.78 is 4.67. The van der Waals surface area contributed by atoms with Crippen molar-refractivity contribution in [1.29, 1.82) is 0 Å². The Morgan fingerprint density at radius 2 is 1.95 bits per heavy atom. The van der Waals surface area contributed by atoms with E-state index >= 15 is 0 Å². The van der Waals surface area contributed by atoms with Crippen molar-refractivity contribution in [2.75, 3.05) is 19.0 Å². The van der Waals surface area contributed by atoms with Crippen molar-refractivity contribution in [2.24, 2.45) is 0 Å². The molecule has 0 fully saturated rings. The number of amides is 2. The lowest BCUT2D eigenvalue weighted by Gasteiger charge is -2.13. The van der Waals surface area contributed by atoms with E-state index in [1.165, 1.54) is 7.11 Å². The summed E-state index contributed by atoms with van der Waals surface area (Å²) in [6, 6.07) is 4.15. The van der Waals surface area contributed by atoms with Gasteiger partial charge in [-0.25, -0.2) is 9.59 Å². The molecule has 2 amide bonds. The van der Waals surface area contributed by atoms with Gasteiger partial charge in [0, 0.05) is 7.11 Å². The smallest absolute Gasteiger partial charge is 0.334 e. The van der Waals surface area contributed by atoms with E-state index < -0.39 is 18.1 Å². The Morgan fingerprint density at radius 1 is 1.37 bits per heavy atom.